The highest BCUT2D eigenvalue weighted by molar-refractivity contribution is 7.48. The molecule has 2 saturated heterocycles. The van der Waals surface area contributed by atoms with Gasteiger partial charge in [0, 0.05) is 40.0 Å². The summed E-state index contributed by atoms with van der Waals surface area (Å²) in [6.07, 6.45) is 1.23. The topological polar surface area (TPSA) is 40.2 Å². The zero-order chi connectivity index (χ0) is 20.7. The van der Waals surface area contributed by atoms with Crippen LogP contribution < -0.4 is 4.90 Å². The van der Waals surface area contributed by atoms with Gasteiger partial charge in [0.1, 0.15) is 0 Å². The third-order valence-corrected chi connectivity index (χ3v) is 9.97. The van der Waals surface area contributed by atoms with Crippen molar-refractivity contribution in [2.45, 2.75) is 0 Å². The molecule has 5 nitrogen and oxygen atoms in total. The summed E-state index contributed by atoms with van der Waals surface area (Å²) in [4.78, 5) is 2.19. The quantitative estimate of drug-likeness (QED) is 0.291. The van der Waals surface area contributed by atoms with Gasteiger partial charge in [0.25, 0.3) is 0 Å². The number of hydrogen-bond acceptors (Lipinski definition) is 5. The van der Waals surface area contributed by atoms with Crippen LogP contribution in [0.4, 0.5) is 5.69 Å². The van der Waals surface area contributed by atoms with Crippen LogP contribution in [0.15, 0.2) is 30.3 Å². The molecule has 0 N–H and O–H groups in total. The van der Waals surface area contributed by atoms with Crippen LogP contribution in [0.25, 0.3) is 0 Å². The number of alkyl halides is 4. The summed E-state index contributed by atoms with van der Waals surface area (Å²) in [5.74, 6) is 1.66. The molecule has 0 bridgehead atoms. The Bertz CT molecular complexity index is 571. The molecule has 0 atom stereocenters. The molecule has 11 heteroatoms. The molecule has 0 aromatic heterocycles. The number of nitrogens with zero attached hydrogens (tertiary/aromatic N) is 1. The van der Waals surface area contributed by atoms with E-state index in [2.05, 4.69) is 17.0 Å². The minimum Gasteiger partial charge on any atom is -0.354 e. The van der Waals surface area contributed by atoms with E-state index in [9.17, 15) is 0 Å². The number of halogens is 4. The first-order valence-electron chi connectivity index (χ1n) is 9.18. The first-order chi connectivity index (χ1) is 14.1. The zero-order valence-electron chi connectivity index (χ0n) is 15.9. The lowest BCUT2D eigenvalue weighted by Gasteiger charge is -2.40. The Labute approximate surface area is 195 Å². The Hall–Kier alpha value is 0.880. The number of rotatable bonds is 9. The predicted molar refractivity (Wildman–Crippen MR) is 124 cm³/mol. The van der Waals surface area contributed by atoms with Crippen molar-refractivity contribution in [1.29, 1.82) is 0 Å². The molecular formula is C18H25Cl4NO4P2. The summed E-state index contributed by atoms with van der Waals surface area (Å²) in [5.41, 5.74) is 0.437. The van der Waals surface area contributed by atoms with Crippen LogP contribution in [0.2, 0.25) is 0 Å². The molecule has 2 heterocycles. The zero-order valence-corrected chi connectivity index (χ0v) is 20.8. The predicted octanol–water partition coefficient (Wildman–Crippen LogP) is 6.05. The van der Waals surface area contributed by atoms with E-state index in [1.54, 1.807) is 0 Å². The summed E-state index contributed by atoms with van der Waals surface area (Å²) in [6, 6.07) is 10.1. The molecule has 0 aliphatic carbocycles. The van der Waals surface area contributed by atoms with Crippen LogP contribution in [0.1, 0.15) is 0 Å². The Kier molecular flexibility index (Phi) is 9.86. The molecule has 0 saturated carbocycles. The Balaban J connectivity index is 1.61. The molecule has 29 heavy (non-hydrogen) atoms. The first-order valence-corrected chi connectivity index (χ1v) is 14.0. The second-order valence-corrected chi connectivity index (χ2v) is 11.5. The molecular weight excluding hydrogens is 498 g/mol. The van der Waals surface area contributed by atoms with Crippen molar-refractivity contribution in [3.63, 3.8) is 0 Å². The Morgan fingerprint density at radius 1 is 0.690 bits per heavy atom. The van der Waals surface area contributed by atoms with Gasteiger partial charge in [0.15, 0.2) is 16.8 Å². The smallest absolute Gasteiger partial charge is 0.191 e. The molecule has 164 valence electrons. The normalized spacial score (nSPS) is 22.5. The Morgan fingerprint density at radius 3 is 1.41 bits per heavy atom. The van der Waals surface area contributed by atoms with Gasteiger partial charge in [-0.3, -0.25) is 0 Å². The van der Waals surface area contributed by atoms with Crippen LogP contribution in [0.5, 0.6) is 0 Å². The average Bonchev–Trinajstić information content (AvgIpc) is 2.80. The van der Waals surface area contributed by atoms with E-state index in [-0.39, 0.29) is 10.8 Å². The van der Waals surface area contributed by atoms with Crippen LogP contribution in [-0.4, -0.2) is 62.5 Å². The van der Waals surface area contributed by atoms with E-state index in [0.29, 0.717) is 62.5 Å². The summed E-state index contributed by atoms with van der Waals surface area (Å²) < 4.78 is 24.0. The highest BCUT2D eigenvalue weighted by atomic mass is 35.5. The fraction of sp³-hybridized carbons (Fsp3) is 0.667. The standard InChI is InChI=1S/C18H25Cl4NO4P2/c19-6-17(7-20)10-24-28(25-11-17)14-23(16-4-2-1-3-5-16)15-29-26-12-18(8-21,9-22)13-27-29/h1-5H,6-15H2. The summed E-state index contributed by atoms with van der Waals surface area (Å²) in [7, 11) is -2.18. The first kappa shape index (κ1) is 24.5. The minimum absolute atomic E-state index is 0.314. The highest BCUT2D eigenvalue weighted by Gasteiger charge is 2.39. The van der Waals surface area contributed by atoms with Gasteiger partial charge in [-0.05, 0) is 12.1 Å². The number of hydrogen-bond donors (Lipinski definition) is 0. The maximum Gasteiger partial charge on any atom is 0.191 e. The van der Waals surface area contributed by atoms with Crippen molar-refractivity contribution in [2.75, 3.05) is 67.4 Å². The van der Waals surface area contributed by atoms with Gasteiger partial charge in [-0.25, -0.2) is 0 Å². The van der Waals surface area contributed by atoms with Crippen molar-refractivity contribution in [3.8, 4) is 0 Å². The van der Waals surface area contributed by atoms with Gasteiger partial charge in [-0.1, -0.05) is 18.2 Å². The molecule has 1 aromatic carbocycles. The fourth-order valence-electron chi connectivity index (χ4n) is 2.66. The fourth-order valence-corrected chi connectivity index (χ4v) is 7.24. The van der Waals surface area contributed by atoms with Crippen molar-refractivity contribution in [1.82, 2.24) is 0 Å². The minimum atomic E-state index is -1.09. The van der Waals surface area contributed by atoms with E-state index in [1.807, 2.05) is 18.2 Å². The number of para-hydroxylation sites is 1. The molecule has 0 amide bonds. The lowest BCUT2D eigenvalue weighted by molar-refractivity contribution is 0.0651. The van der Waals surface area contributed by atoms with E-state index < -0.39 is 16.8 Å². The van der Waals surface area contributed by atoms with Crippen molar-refractivity contribution in [2.24, 2.45) is 10.8 Å². The maximum absolute atomic E-state index is 6.07. The lowest BCUT2D eigenvalue weighted by Crippen LogP contribution is -2.40. The van der Waals surface area contributed by atoms with Crippen LogP contribution in [-0.2, 0) is 18.1 Å². The Morgan fingerprint density at radius 2 is 1.07 bits per heavy atom. The second-order valence-electron chi connectivity index (χ2n) is 7.45. The summed E-state index contributed by atoms with van der Waals surface area (Å²) >= 11 is 24.3. The van der Waals surface area contributed by atoms with Crippen LogP contribution in [0.3, 0.4) is 0 Å². The molecule has 2 fully saturated rings. The molecule has 2 aliphatic rings. The number of benzene rings is 1. The SMILES string of the molecule is ClCC1(CCl)COP(CN(CP2OCC(CCl)(CCl)CO2)c2ccccc2)OC1. The third-order valence-electron chi connectivity index (χ3n) is 4.89. The van der Waals surface area contributed by atoms with Gasteiger partial charge in [0.2, 0.25) is 0 Å². The monoisotopic (exact) mass is 521 g/mol. The van der Waals surface area contributed by atoms with Gasteiger partial charge < -0.3 is 23.0 Å². The van der Waals surface area contributed by atoms with Crippen LogP contribution in [0, 0.1) is 10.8 Å². The van der Waals surface area contributed by atoms with Gasteiger partial charge in [-0.15, -0.1) is 46.4 Å². The molecule has 1 aromatic rings. The molecule has 0 unspecified atom stereocenters. The average molecular weight is 523 g/mol. The van der Waals surface area contributed by atoms with Crippen molar-refractivity contribution in [3.05, 3.63) is 30.3 Å². The summed E-state index contributed by atoms with van der Waals surface area (Å²) in [6.45, 7) is 2.02. The third kappa shape index (κ3) is 6.45. The maximum atomic E-state index is 6.07. The molecule has 2 aliphatic heterocycles. The van der Waals surface area contributed by atoms with Gasteiger partial charge >= 0.3 is 0 Å². The van der Waals surface area contributed by atoms with Crippen LogP contribution >= 0.6 is 63.2 Å². The second kappa shape index (κ2) is 11.7. The van der Waals surface area contributed by atoms with Crippen molar-refractivity contribution >= 4 is 68.8 Å². The summed E-state index contributed by atoms with van der Waals surface area (Å²) in [5, 5.41) is 0. The van der Waals surface area contributed by atoms with Crippen molar-refractivity contribution < 1.29 is 18.1 Å². The van der Waals surface area contributed by atoms with E-state index in [1.165, 1.54) is 0 Å². The van der Waals surface area contributed by atoms with Gasteiger partial charge in [0.05, 0.1) is 39.0 Å². The van der Waals surface area contributed by atoms with Gasteiger partial charge in [-0.2, -0.15) is 0 Å². The number of anilines is 1. The van der Waals surface area contributed by atoms with E-state index in [0.717, 1.165) is 5.69 Å². The van der Waals surface area contributed by atoms with E-state index >= 15 is 0 Å². The highest BCUT2D eigenvalue weighted by Crippen LogP contribution is 2.51. The molecule has 0 spiro atoms. The lowest BCUT2D eigenvalue weighted by atomic mass is 9.96. The van der Waals surface area contributed by atoms with E-state index in [4.69, 9.17) is 64.5 Å². The molecule has 0 radical (unpaired) electrons. The largest absolute Gasteiger partial charge is 0.354 e. The molecule has 3 rings (SSSR count).